The van der Waals surface area contributed by atoms with E-state index in [0.717, 1.165) is 5.56 Å². The van der Waals surface area contributed by atoms with E-state index in [1.54, 1.807) is 42.5 Å². The maximum Gasteiger partial charge on any atom is 0.312 e. The molecule has 3 aromatic rings. The lowest BCUT2D eigenvalue weighted by Gasteiger charge is -2.26. The highest BCUT2D eigenvalue weighted by molar-refractivity contribution is 6.15. The molecular formula is C29H24O10. The summed E-state index contributed by atoms with van der Waals surface area (Å²) in [7, 11) is 6.10. The van der Waals surface area contributed by atoms with Crippen molar-refractivity contribution in [2.75, 3.05) is 35.2 Å². The zero-order valence-corrected chi connectivity index (χ0v) is 21.6. The zero-order chi connectivity index (χ0) is 27.3. The summed E-state index contributed by atoms with van der Waals surface area (Å²) in [5, 5.41) is 0. The molecule has 3 heterocycles. The van der Waals surface area contributed by atoms with Crippen LogP contribution in [0.15, 0.2) is 42.2 Å². The summed E-state index contributed by atoms with van der Waals surface area (Å²) in [5.41, 5.74) is 2.24. The molecule has 3 aliphatic heterocycles. The summed E-state index contributed by atoms with van der Waals surface area (Å²) < 4.78 is 44.6. The number of methoxy groups -OCH3 is 4. The van der Waals surface area contributed by atoms with Gasteiger partial charge in [0, 0.05) is 23.1 Å². The first-order chi connectivity index (χ1) is 18.9. The van der Waals surface area contributed by atoms with Crippen molar-refractivity contribution in [3.63, 3.8) is 0 Å². The molecule has 0 saturated carbocycles. The molecule has 0 amide bonds. The van der Waals surface area contributed by atoms with Gasteiger partial charge in [0.05, 0.1) is 40.4 Å². The van der Waals surface area contributed by atoms with E-state index in [9.17, 15) is 9.59 Å². The van der Waals surface area contributed by atoms with Crippen LogP contribution in [0.1, 0.15) is 39.4 Å². The van der Waals surface area contributed by atoms with E-state index in [2.05, 4.69) is 0 Å². The molecule has 0 aliphatic carbocycles. The summed E-state index contributed by atoms with van der Waals surface area (Å²) in [4.78, 5) is 26.1. The average molecular weight is 533 g/mol. The monoisotopic (exact) mass is 532 g/mol. The summed E-state index contributed by atoms with van der Waals surface area (Å²) in [6.07, 6.45) is 1.62. The highest BCUT2D eigenvalue weighted by Crippen LogP contribution is 2.52. The van der Waals surface area contributed by atoms with E-state index in [1.807, 2.05) is 0 Å². The maximum atomic E-state index is 13.5. The maximum absolute atomic E-state index is 13.5. The van der Waals surface area contributed by atoms with Crippen LogP contribution in [0.2, 0.25) is 0 Å². The number of hydrogen-bond donors (Lipinski definition) is 0. The minimum absolute atomic E-state index is 0.0341. The third-order valence-electron chi connectivity index (χ3n) is 6.89. The van der Waals surface area contributed by atoms with E-state index < -0.39 is 11.9 Å². The fraction of sp³-hybridized carbons (Fsp3) is 0.241. The number of carbonyl (C=O) groups excluding carboxylic acids is 2. The zero-order valence-electron chi connectivity index (χ0n) is 21.6. The Labute approximate surface area is 223 Å². The summed E-state index contributed by atoms with van der Waals surface area (Å²) in [6, 6.07) is 10.2. The molecule has 3 aromatic carbocycles. The van der Waals surface area contributed by atoms with E-state index in [4.69, 9.17) is 37.9 Å². The van der Waals surface area contributed by atoms with Gasteiger partial charge >= 0.3 is 5.97 Å². The van der Waals surface area contributed by atoms with Crippen LogP contribution in [0.4, 0.5) is 0 Å². The predicted molar refractivity (Wildman–Crippen MR) is 137 cm³/mol. The molecule has 0 N–H and O–H groups in total. The lowest BCUT2D eigenvalue weighted by molar-refractivity contribution is -0.135. The van der Waals surface area contributed by atoms with Gasteiger partial charge in [-0.3, -0.25) is 9.59 Å². The van der Waals surface area contributed by atoms with Crippen LogP contribution in [0.25, 0.3) is 6.08 Å². The van der Waals surface area contributed by atoms with Gasteiger partial charge < -0.3 is 37.9 Å². The van der Waals surface area contributed by atoms with Gasteiger partial charge in [-0.05, 0) is 42.0 Å². The second kappa shape index (κ2) is 9.46. The highest BCUT2D eigenvalue weighted by atomic mass is 16.7. The second-order valence-electron chi connectivity index (χ2n) is 8.93. The molecule has 10 heteroatoms. The van der Waals surface area contributed by atoms with Gasteiger partial charge in [0.25, 0.3) is 0 Å². The van der Waals surface area contributed by atoms with Crippen molar-refractivity contribution in [2.45, 2.75) is 12.3 Å². The minimum atomic E-state index is -0.484. The normalized spacial score (nSPS) is 17.7. The quantitative estimate of drug-likeness (QED) is 0.256. The Morgan fingerprint density at radius 3 is 2.26 bits per heavy atom. The number of Topliss-reactive ketones (excluding diaryl/α,β-unsaturated/α-hetero) is 1. The van der Waals surface area contributed by atoms with Crippen molar-refractivity contribution in [1.82, 2.24) is 0 Å². The van der Waals surface area contributed by atoms with Gasteiger partial charge in [0.15, 0.2) is 28.8 Å². The Kier molecular flexibility index (Phi) is 5.94. The van der Waals surface area contributed by atoms with Crippen LogP contribution in [0.3, 0.4) is 0 Å². The first-order valence-electron chi connectivity index (χ1n) is 12.0. The van der Waals surface area contributed by atoms with Crippen LogP contribution >= 0.6 is 0 Å². The van der Waals surface area contributed by atoms with Gasteiger partial charge in [-0.2, -0.15) is 0 Å². The Morgan fingerprint density at radius 1 is 0.769 bits per heavy atom. The van der Waals surface area contributed by atoms with Crippen molar-refractivity contribution in [3.05, 3.63) is 64.4 Å². The van der Waals surface area contributed by atoms with Gasteiger partial charge in [-0.25, -0.2) is 0 Å². The first kappa shape index (κ1) is 24.5. The van der Waals surface area contributed by atoms with Gasteiger partial charge in [-0.1, -0.05) is 0 Å². The Morgan fingerprint density at radius 2 is 1.51 bits per heavy atom. The van der Waals surface area contributed by atoms with E-state index in [1.165, 1.54) is 28.4 Å². The number of ether oxygens (including phenoxy) is 8. The molecule has 0 aromatic heterocycles. The molecule has 3 aliphatic rings. The summed E-state index contributed by atoms with van der Waals surface area (Å²) in [6.45, 7) is 0.0687. The van der Waals surface area contributed by atoms with Gasteiger partial charge in [0.1, 0.15) is 17.2 Å². The molecule has 0 bridgehead atoms. The SMILES string of the molecule is COc1cc(OC)c(OC)cc1/C=C1\Oc2c(ccc3c2[C@H](c2cc(OC)c4c(c2)OCO4)CC(=O)O3)C1=O. The average Bonchev–Trinajstić information content (AvgIpc) is 3.55. The number of benzene rings is 3. The first-order valence-corrected chi connectivity index (χ1v) is 12.0. The fourth-order valence-corrected chi connectivity index (χ4v) is 5.05. The number of allylic oxidation sites excluding steroid dienone is 1. The van der Waals surface area contributed by atoms with E-state index in [0.29, 0.717) is 62.7 Å². The highest BCUT2D eigenvalue weighted by Gasteiger charge is 2.39. The Hall–Kier alpha value is -4.86. The molecule has 0 radical (unpaired) electrons. The second-order valence-corrected chi connectivity index (χ2v) is 8.93. The number of rotatable bonds is 6. The Bertz CT molecular complexity index is 1550. The summed E-state index contributed by atoms with van der Waals surface area (Å²) >= 11 is 0. The molecular weight excluding hydrogens is 508 g/mol. The predicted octanol–water partition coefficient (Wildman–Crippen LogP) is 4.51. The van der Waals surface area contributed by atoms with Gasteiger partial charge in [0.2, 0.25) is 18.3 Å². The minimum Gasteiger partial charge on any atom is -0.496 e. The van der Waals surface area contributed by atoms with E-state index >= 15 is 0 Å². The smallest absolute Gasteiger partial charge is 0.312 e. The lowest BCUT2D eigenvalue weighted by Crippen LogP contribution is -2.21. The molecule has 1 atom stereocenters. The molecule has 10 nitrogen and oxygen atoms in total. The summed E-state index contributed by atoms with van der Waals surface area (Å²) in [5.74, 6) is 2.44. The van der Waals surface area contributed by atoms with Crippen LogP contribution < -0.4 is 37.9 Å². The molecule has 0 spiro atoms. The number of esters is 1. The van der Waals surface area contributed by atoms with Crippen LogP contribution in [0, 0.1) is 0 Å². The van der Waals surface area contributed by atoms with E-state index in [-0.39, 0.29) is 24.8 Å². The number of fused-ring (bicyclic) bond motifs is 4. The van der Waals surface area contributed by atoms with Crippen LogP contribution in [-0.4, -0.2) is 47.0 Å². The molecule has 39 heavy (non-hydrogen) atoms. The third-order valence-corrected chi connectivity index (χ3v) is 6.89. The standard InChI is InChI=1S/C29H24O10/c1-32-19-12-21(34-3)20(33-2)9-15(19)10-22-27(31)16-5-6-18-26(28(16)39-22)17(11-25(30)38-18)14-7-23(35-4)29-24(8-14)36-13-37-29/h5-10,12,17H,11,13H2,1-4H3/b22-10-/t17-/m0/s1. The lowest BCUT2D eigenvalue weighted by atomic mass is 9.84. The van der Waals surface area contributed by atoms with Crippen molar-refractivity contribution in [1.29, 1.82) is 0 Å². The number of hydrogen-bond acceptors (Lipinski definition) is 10. The molecule has 6 rings (SSSR count). The molecule has 0 unspecified atom stereocenters. The van der Waals surface area contributed by atoms with Crippen molar-refractivity contribution < 1.29 is 47.5 Å². The largest absolute Gasteiger partial charge is 0.496 e. The van der Waals surface area contributed by atoms with Crippen molar-refractivity contribution in [3.8, 4) is 46.0 Å². The van der Waals surface area contributed by atoms with Crippen LogP contribution in [-0.2, 0) is 4.79 Å². The number of carbonyl (C=O) groups is 2. The molecule has 200 valence electrons. The van der Waals surface area contributed by atoms with Crippen molar-refractivity contribution >= 4 is 17.8 Å². The topological polar surface area (TPSA) is 108 Å². The van der Waals surface area contributed by atoms with Gasteiger partial charge in [-0.15, -0.1) is 0 Å². The Balaban J connectivity index is 1.45. The van der Waals surface area contributed by atoms with Crippen molar-refractivity contribution in [2.24, 2.45) is 0 Å². The molecule has 0 saturated heterocycles. The molecule has 0 fully saturated rings. The fourth-order valence-electron chi connectivity index (χ4n) is 5.05. The third kappa shape index (κ3) is 3.96. The number of ketones is 1. The van der Waals surface area contributed by atoms with Crippen LogP contribution in [0.5, 0.6) is 46.0 Å².